The van der Waals surface area contributed by atoms with Crippen molar-refractivity contribution in [3.63, 3.8) is 0 Å². The van der Waals surface area contributed by atoms with Crippen molar-refractivity contribution in [1.82, 2.24) is 4.57 Å². The highest BCUT2D eigenvalue weighted by Crippen LogP contribution is 2.56. The van der Waals surface area contributed by atoms with Gasteiger partial charge in [0.25, 0.3) is 5.91 Å². The molecule has 1 amide bonds. The summed E-state index contributed by atoms with van der Waals surface area (Å²) in [6.07, 6.45) is 0. The summed E-state index contributed by atoms with van der Waals surface area (Å²) in [5, 5.41) is 5.49. The predicted octanol–water partition coefficient (Wildman–Crippen LogP) is 8.53. The molecule has 5 heteroatoms. The van der Waals surface area contributed by atoms with Gasteiger partial charge in [-0.25, -0.2) is 0 Å². The first-order valence-corrected chi connectivity index (χ1v) is 14.6. The van der Waals surface area contributed by atoms with Gasteiger partial charge in [0.05, 0.1) is 23.4 Å². The molecular weight excluding hydrogens is 538 g/mol. The molecule has 2 aliphatic rings. The Kier molecular flexibility index (Phi) is 5.56. The average Bonchev–Trinajstić information content (AvgIpc) is 3.45. The first-order valence-electron chi connectivity index (χ1n) is 14.3. The fourth-order valence-electron chi connectivity index (χ4n) is 6.82. The molecule has 0 bridgehead atoms. The van der Waals surface area contributed by atoms with E-state index in [1.165, 1.54) is 11.1 Å². The van der Waals surface area contributed by atoms with Gasteiger partial charge in [-0.3, -0.25) is 4.79 Å². The number of aryl methyl sites for hydroxylation is 1. The van der Waals surface area contributed by atoms with E-state index in [1.807, 2.05) is 41.3 Å². The molecule has 6 aromatic rings. The van der Waals surface area contributed by atoms with Gasteiger partial charge in [0, 0.05) is 39.3 Å². The van der Waals surface area contributed by atoms with Crippen LogP contribution >= 0.6 is 11.6 Å². The van der Waals surface area contributed by atoms with E-state index in [4.69, 9.17) is 11.6 Å². The topological polar surface area (TPSA) is 37.3 Å². The third kappa shape index (κ3) is 3.58. The van der Waals surface area contributed by atoms with Gasteiger partial charge in [0.2, 0.25) is 0 Å². The van der Waals surface area contributed by atoms with Crippen LogP contribution < -0.4 is 10.2 Å². The molecule has 0 saturated carbocycles. The number of anilines is 2. The summed E-state index contributed by atoms with van der Waals surface area (Å²) in [6.45, 7) is 3.23. The number of fused-ring (bicyclic) bond motifs is 8. The van der Waals surface area contributed by atoms with Crippen LogP contribution in [0.4, 0.5) is 11.4 Å². The van der Waals surface area contributed by atoms with E-state index in [0.717, 1.165) is 50.2 Å². The Morgan fingerprint density at radius 2 is 1.48 bits per heavy atom. The van der Waals surface area contributed by atoms with Crippen LogP contribution in [0.25, 0.3) is 22.2 Å². The van der Waals surface area contributed by atoms with Gasteiger partial charge in [0.1, 0.15) is 0 Å². The Morgan fingerprint density at radius 1 is 0.762 bits per heavy atom. The van der Waals surface area contributed by atoms with Gasteiger partial charge in [-0.15, -0.1) is 0 Å². The minimum atomic E-state index is -1.10. The normalized spacial score (nSPS) is 16.8. The largest absolute Gasteiger partial charge is 0.363 e. The fourth-order valence-corrected chi connectivity index (χ4v) is 6.99. The smallest absolute Gasteiger partial charge is 0.262 e. The molecule has 42 heavy (non-hydrogen) atoms. The van der Waals surface area contributed by atoms with E-state index >= 15 is 4.79 Å². The fraction of sp³-hybridized carbons (Fsp3) is 0.108. The van der Waals surface area contributed by atoms with Crippen molar-refractivity contribution >= 4 is 39.8 Å². The summed E-state index contributed by atoms with van der Waals surface area (Å²) in [7, 11) is 0. The average molecular weight is 566 g/mol. The Morgan fingerprint density at radius 3 is 2.31 bits per heavy atom. The number of hydrogen-bond acceptors (Lipinski definition) is 2. The second-order valence-corrected chi connectivity index (χ2v) is 11.7. The minimum Gasteiger partial charge on any atom is -0.363 e. The van der Waals surface area contributed by atoms with Crippen LogP contribution in [-0.2, 0) is 23.4 Å². The molecule has 8 rings (SSSR count). The van der Waals surface area contributed by atoms with Crippen molar-refractivity contribution in [2.75, 3.05) is 10.2 Å². The molecule has 1 unspecified atom stereocenters. The number of halogens is 1. The van der Waals surface area contributed by atoms with Crippen molar-refractivity contribution in [3.05, 3.63) is 154 Å². The summed E-state index contributed by atoms with van der Waals surface area (Å²) in [5.41, 5.74) is 9.32. The van der Waals surface area contributed by atoms with Crippen molar-refractivity contribution in [3.8, 4) is 11.3 Å². The van der Waals surface area contributed by atoms with Gasteiger partial charge in [-0.1, -0.05) is 114 Å². The Hall–Kier alpha value is -4.80. The number of carbonyl (C=O) groups is 1. The highest BCUT2D eigenvalue weighted by atomic mass is 35.5. The molecule has 1 aromatic heterocycles. The number of para-hydroxylation sites is 2. The third-order valence-electron chi connectivity index (χ3n) is 8.72. The van der Waals surface area contributed by atoms with Gasteiger partial charge < -0.3 is 14.8 Å². The van der Waals surface area contributed by atoms with Crippen molar-refractivity contribution in [1.29, 1.82) is 0 Å². The molecule has 0 radical (unpaired) electrons. The van der Waals surface area contributed by atoms with Crippen LogP contribution in [0.3, 0.4) is 0 Å². The van der Waals surface area contributed by atoms with E-state index < -0.39 is 5.54 Å². The molecular formula is C37H28ClN3O. The minimum absolute atomic E-state index is 0.0220. The maximum Gasteiger partial charge on any atom is 0.262 e. The van der Waals surface area contributed by atoms with Crippen molar-refractivity contribution in [2.45, 2.75) is 25.6 Å². The number of rotatable bonds is 4. The molecule has 0 saturated heterocycles. The van der Waals surface area contributed by atoms with E-state index in [9.17, 15) is 0 Å². The summed E-state index contributed by atoms with van der Waals surface area (Å²) >= 11 is 6.64. The van der Waals surface area contributed by atoms with E-state index in [2.05, 4.69) is 102 Å². The highest BCUT2D eigenvalue weighted by Gasteiger charge is 2.56. The highest BCUT2D eigenvalue weighted by molar-refractivity contribution is 6.31. The summed E-state index contributed by atoms with van der Waals surface area (Å²) < 4.78 is 2.34. The van der Waals surface area contributed by atoms with Gasteiger partial charge in [-0.05, 0) is 42.3 Å². The standard InChI is InChI=1S/C37H28ClN3O/c1-24-15-17-26(18-16-24)23-41-32-14-8-6-12-30(32)37(36(41)42)34-29-20-19-27(38)21-33(29)40(22-25-9-3-2-4-10-25)35(34)28-11-5-7-13-31(28)39-37/h2-21,39H,22-23H2,1H3. The monoisotopic (exact) mass is 565 g/mol. The first-order chi connectivity index (χ1) is 20.5. The van der Waals surface area contributed by atoms with Crippen molar-refractivity contribution < 1.29 is 4.79 Å². The zero-order chi connectivity index (χ0) is 28.4. The maximum absolute atomic E-state index is 15.1. The van der Waals surface area contributed by atoms with Gasteiger partial charge >= 0.3 is 0 Å². The SMILES string of the molecule is Cc1ccc(CN2C(=O)C3(Nc4ccccc4-c4c3c3ccc(Cl)cc3n4Cc3ccccc3)c3ccccc32)cc1. The lowest BCUT2D eigenvalue weighted by Crippen LogP contribution is -2.48. The first kappa shape index (κ1) is 25.0. The number of nitrogens with zero attached hydrogens (tertiary/aromatic N) is 2. The lowest BCUT2D eigenvalue weighted by atomic mass is 9.77. The molecule has 204 valence electrons. The molecule has 0 fully saturated rings. The predicted molar refractivity (Wildman–Crippen MR) is 171 cm³/mol. The number of aromatic nitrogens is 1. The van der Waals surface area contributed by atoms with Crippen LogP contribution in [0.1, 0.15) is 27.8 Å². The lowest BCUT2D eigenvalue weighted by molar-refractivity contribution is -0.121. The summed E-state index contributed by atoms with van der Waals surface area (Å²) in [6, 6.07) is 41.5. The molecule has 3 heterocycles. The molecule has 1 spiro atoms. The van der Waals surface area contributed by atoms with Crippen LogP contribution in [0, 0.1) is 6.92 Å². The quantitative estimate of drug-likeness (QED) is 0.232. The lowest BCUT2D eigenvalue weighted by Gasteiger charge is -2.37. The zero-order valence-corrected chi connectivity index (χ0v) is 23.9. The molecule has 5 aromatic carbocycles. The van der Waals surface area contributed by atoms with Crippen LogP contribution in [-0.4, -0.2) is 10.5 Å². The second-order valence-electron chi connectivity index (χ2n) is 11.3. The number of nitrogens with one attached hydrogen (secondary N) is 1. The molecule has 1 N–H and O–H groups in total. The van der Waals surface area contributed by atoms with Crippen LogP contribution in [0.2, 0.25) is 5.02 Å². The Bertz CT molecular complexity index is 2010. The Balaban J connectivity index is 1.43. The number of benzene rings is 5. The van der Waals surface area contributed by atoms with E-state index in [0.29, 0.717) is 18.1 Å². The molecule has 1 atom stereocenters. The van der Waals surface area contributed by atoms with Gasteiger partial charge in [-0.2, -0.15) is 0 Å². The zero-order valence-electron chi connectivity index (χ0n) is 23.1. The van der Waals surface area contributed by atoms with Crippen LogP contribution in [0.15, 0.2) is 121 Å². The van der Waals surface area contributed by atoms with Gasteiger partial charge in [0.15, 0.2) is 5.54 Å². The summed E-state index contributed by atoms with van der Waals surface area (Å²) in [5.74, 6) is 0.0220. The number of hydrogen-bond donors (Lipinski definition) is 1. The molecule has 4 nitrogen and oxygen atoms in total. The number of carbonyl (C=O) groups excluding carboxylic acids is 1. The maximum atomic E-state index is 15.1. The molecule has 0 aliphatic carbocycles. The van der Waals surface area contributed by atoms with Crippen LogP contribution in [0.5, 0.6) is 0 Å². The van der Waals surface area contributed by atoms with E-state index in [1.54, 1.807) is 0 Å². The Labute approximate surface area is 249 Å². The third-order valence-corrected chi connectivity index (χ3v) is 8.95. The summed E-state index contributed by atoms with van der Waals surface area (Å²) in [4.78, 5) is 17.0. The second kappa shape index (κ2) is 9.37. The number of amides is 1. The van der Waals surface area contributed by atoms with Crippen molar-refractivity contribution in [2.24, 2.45) is 0 Å². The molecule has 2 aliphatic heterocycles. The van der Waals surface area contributed by atoms with E-state index in [-0.39, 0.29) is 5.91 Å².